The van der Waals surface area contributed by atoms with Crippen LogP contribution >= 0.6 is 0 Å². The highest BCUT2D eigenvalue weighted by molar-refractivity contribution is 5.81. The molecule has 0 saturated carbocycles. The van der Waals surface area contributed by atoms with Crippen molar-refractivity contribution in [3.63, 3.8) is 0 Å². The molecule has 3 rings (SSSR count). The van der Waals surface area contributed by atoms with Crippen LogP contribution in [0.15, 0.2) is 47.4 Å². The molecule has 0 spiro atoms. The largest absolute Gasteiger partial charge is 0.281 e. The molecular weight excluding hydrogens is 228 g/mol. The molecule has 0 bridgehead atoms. The molecule has 5 heteroatoms. The first-order valence-electron chi connectivity index (χ1n) is 5.63. The van der Waals surface area contributed by atoms with Crippen molar-refractivity contribution in [1.82, 2.24) is 14.9 Å². The van der Waals surface area contributed by atoms with E-state index in [9.17, 15) is 4.79 Å². The molecule has 18 heavy (non-hydrogen) atoms. The van der Waals surface area contributed by atoms with Crippen molar-refractivity contribution in [2.45, 2.75) is 6.92 Å². The van der Waals surface area contributed by atoms with E-state index in [2.05, 4.69) is 15.6 Å². The van der Waals surface area contributed by atoms with E-state index in [0.717, 1.165) is 11.1 Å². The Bertz CT molecular complexity index is 757. The maximum Gasteiger partial charge on any atom is 0.277 e. The lowest BCUT2D eigenvalue weighted by Gasteiger charge is -2.07. The monoisotopic (exact) mass is 240 g/mol. The summed E-state index contributed by atoms with van der Waals surface area (Å²) in [5.74, 6) is 0.616. The third kappa shape index (κ3) is 1.75. The van der Waals surface area contributed by atoms with Crippen LogP contribution in [0.3, 0.4) is 0 Å². The van der Waals surface area contributed by atoms with Gasteiger partial charge in [-0.25, -0.2) is 4.68 Å². The summed E-state index contributed by atoms with van der Waals surface area (Å²) >= 11 is 0. The molecule has 0 atom stereocenters. The average Bonchev–Trinajstić information content (AvgIpc) is 2.79. The number of pyridine rings is 1. The van der Waals surface area contributed by atoms with Crippen molar-refractivity contribution in [3.8, 4) is 0 Å². The van der Waals surface area contributed by atoms with E-state index in [1.54, 1.807) is 6.20 Å². The summed E-state index contributed by atoms with van der Waals surface area (Å²) in [6.45, 7) is 1.90. The van der Waals surface area contributed by atoms with Gasteiger partial charge in [0.15, 0.2) is 5.82 Å². The summed E-state index contributed by atoms with van der Waals surface area (Å²) < 4.78 is 1.43. The quantitative estimate of drug-likeness (QED) is 0.719. The van der Waals surface area contributed by atoms with Crippen molar-refractivity contribution in [3.05, 3.63) is 58.6 Å². The van der Waals surface area contributed by atoms with Gasteiger partial charge in [-0.2, -0.15) is 5.10 Å². The van der Waals surface area contributed by atoms with Crippen molar-refractivity contribution < 1.29 is 0 Å². The van der Waals surface area contributed by atoms with Crippen LogP contribution in [0.2, 0.25) is 0 Å². The Balaban J connectivity index is 2.08. The van der Waals surface area contributed by atoms with E-state index < -0.39 is 0 Å². The lowest BCUT2D eigenvalue weighted by Crippen LogP contribution is -2.25. The number of aryl methyl sites for hydroxylation is 1. The van der Waals surface area contributed by atoms with Gasteiger partial charge in [0.1, 0.15) is 0 Å². The molecule has 0 aliphatic heterocycles. The normalized spacial score (nSPS) is 10.7. The van der Waals surface area contributed by atoms with Gasteiger partial charge in [0.05, 0.1) is 0 Å². The van der Waals surface area contributed by atoms with Crippen LogP contribution in [0.1, 0.15) is 5.69 Å². The summed E-state index contributed by atoms with van der Waals surface area (Å²) in [6, 6.07) is 11.2. The Labute approximate surface area is 103 Å². The third-order valence-electron chi connectivity index (χ3n) is 2.75. The van der Waals surface area contributed by atoms with Crippen LogP contribution in [-0.4, -0.2) is 14.9 Å². The smallest absolute Gasteiger partial charge is 0.277 e. The van der Waals surface area contributed by atoms with Gasteiger partial charge in [0, 0.05) is 23.3 Å². The van der Waals surface area contributed by atoms with E-state index in [1.807, 2.05) is 43.3 Å². The van der Waals surface area contributed by atoms with Gasteiger partial charge >= 0.3 is 0 Å². The van der Waals surface area contributed by atoms with Crippen LogP contribution in [0.5, 0.6) is 0 Å². The molecule has 5 nitrogen and oxygen atoms in total. The second-order valence-electron chi connectivity index (χ2n) is 4.13. The zero-order chi connectivity index (χ0) is 12.5. The number of hydrogen-bond acceptors (Lipinski definition) is 3. The van der Waals surface area contributed by atoms with Crippen molar-refractivity contribution in [2.24, 2.45) is 0 Å². The standard InChI is InChI=1S/C13H12N4O/c1-9-8-12(15-14-9)16-17-7-6-10-4-2-3-5-11(10)13(17)18/h2-8H,1H3,(H2,14,15,16). The number of aromatic nitrogens is 3. The number of nitrogens with zero attached hydrogens (tertiary/aromatic N) is 2. The fourth-order valence-corrected chi connectivity index (χ4v) is 1.88. The van der Waals surface area contributed by atoms with E-state index in [1.165, 1.54) is 4.68 Å². The molecule has 90 valence electrons. The van der Waals surface area contributed by atoms with Gasteiger partial charge in [0.2, 0.25) is 0 Å². The molecule has 1 aromatic carbocycles. The minimum absolute atomic E-state index is 0.0891. The predicted octanol–water partition coefficient (Wildman–Crippen LogP) is 1.91. The number of fused-ring (bicyclic) bond motifs is 1. The number of H-pyrrole nitrogens is 1. The highest BCUT2D eigenvalue weighted by Gasteiger charge is 2.03. The molecular formula is C13H12N4O. The molecule has 0 unspecified atom stereocenters. The van der Waals surface area contributed by atoms with Crippen molar-refractivity contribution >= 4 is 16.6 Å². The van der Waals surface area contributed by atoms with Crippen LogP contribution < -0.4 is 11.0 Å². The number of benzene rings is 1. The van der Waals surface area contributed by atoms with Crippen molar-refractivity contribution in [1.29, 1.82) is 0 Å². The van der Waals surface area contributed by atoms with E-state index >= 15 is 0 Å². The molecule has 2 aromatic heterocycles. The Morgan fingerprint density at radius 1 is 1.28 bits per heavy atom. The van der Waals surface area contributed by atoms with E-state index in [4.69, 9.17) is 0 Å². The minimum Gasteiger partial charge on any atom is -0.281 e. The fourth-order valence-electron chi connectivity index (χ4n) is 1.88. The second-order valence-corrected chi connectivity index (χ2v) is 4.13. The molecule has 0 radical (unpaired) electrons. The first-order valence-corrected chi connectivity index (χ1v) is 5.63. The van der Waals surface area contributed by atoms with Gasteiger partial charge in [-0.1, -0.05) is 18.2 Å². The van der Waals surface area contributed by atoms with E-state index in [0.29, 0.717) is 11.2 Å². The summed E-state index contributed by atoms with van der Waals surface area (Å²) in [6.07, 6.45) is 1.70. The first kappa shape index (κ1) is 10.6. The molecule has 3 aromatic rings. The zero-order valence-corrected chi connectivity index (χ0v) is 9.84. The molecule has 0 saturated heterocycles. The lowest BCUT2D eigenvalue weighted by molar-refractivity contribution is 0.893. The maximum absolute atomic E-state index is 12.2. The highest BCUT2D eigenvalue weighted by Crippen LogP contribution is 2.09. The first-order chi connectivity index (χ1) is 8.74. The molecule has 0 fully saturated rings. The molecule has 0 aliphatic rings. The van der Waals surface area contributed by atoms with Crippen LogP contribution in [-0.2, 0) is 0 Å². The molecule has 0 amide bonds. The molecule has 2 N–H and O–H groups in total. The predicted molar refractivity (Wildman–Crippen MR) is 70.6 cm³/mol. The summed E-state index contributed by atoms with van der Waals surface area (Å²) in [4.78, 5) is 12.2. The van der Waals surface area contributed by atoms with Crippen LogP contribution in [0.25, 0.3) is 10.8 Å². The summed E-state index contributed by atoms with van der Waals surface area (Å²) in [5, 5.41) is 8.46. The van der Waals surface area contributed by atoms with Gasteiger partial charge in [-0.15, -0.1) is 0 Å². The number of anilines is 1. The molecule has 0 aliphatic carbocycles. The Morgan fingerprint density at radius 3 is 2.89 bits per heavy atom. The van der Waals surface area contributed by atoms with Gasteiger partial charge in [0.25, 0.3) is 5.56 Å². The van der Waals surface area contributed by atoms with Gasteiger partial charge in [-0.3, -0.25) is 15.3 Å². The third-order valence-corrected chi connectivity index (χ3v) is 2.75. The topological polar surface area (TPSA) is 62.7 Å². The van der Waals surface area contributed by atoms with E-state index in [-0.39, 0.29) is 5.56 Å². The van der Waals surface area contributed by atoms with Crippen molar-refractivity contribution in [2.75, 3.05) is 5.43 Å². The summed E-state index contributed by atoms with van der Waals surface area (Å²) in [5.41, 5.74) is 3.79. The number of aromatic amines is 1. The average molecular weight is 240 g/mol. The Morgan fingerprint density at radius 2 is 2.11 bits per heavy atom. The summed E-state index contributed by atoms with van der Waals surface area (Å²) in [7, 11) is 0. The number of nitrogens with one attached hydrogen (secondary N) is 2. The lowest BCUT2D eigenvalue weighted by atomic mass is 10.2. The fraction of sp³-hybridized carbons (Fsp3) is 0.0769. The highest BCUT2D eigenvalue weighted by atomic mass is 16.1. The van der Waals surface area contributed by atoms with Gasteiger partial charge in [-0.05, 0) is 24.4 Å². The number of rotatable bonds is 2. The van der Waals surface area contributed by atoms with Crippen LogP contribution in [0, 0.1) is 6.92 Å². The Hall–Kier alpha value is -2.56. The SMILES string of the molecule is Cc1cc(Nn2ccc3ccccc3c2=O)n[nH]1. The second kappa shape index (κ2) is 4.03. The minimum atomic E-state index is -0.0891. The maximum atomic E-state index is 12.2. The zero-order valence-electron chi connectivity index (χ0n) is 9.84. The molecule has 2 heterocycles. The Kier molecular flexibility index (Phi) is 2.37. The number of hydrogen-bond donors (Lipinski definition) is 2. The van der Waals surface area contributed by atoms with Gasteiger partial charge < -0.3 is 0 Å². The van der Waals surface area contributed by atoms with Crippen LogP contribution in [0.4, 0.5) is 5.82 Å².